The zero-order valence-corrected chi connectivity index (χ0v) is 16.2. The van der Waals surface area contributed by atoms with E-state index in [4.69, 9.17) is 5.73 Å². The summed E-state index contributed by atoms with van der Waals surface area (Å²) in [6.45, 7) is 0. The molecule has 25 heavy (non-hydrogen) atoms. The summed E-state index contributed by atoms with van der Waals surface area (Å²) in [7, 11) is 2.01. The molecule has 1 heterocycles. The zero-order chi connectivity index (χ0) is 16.7. The molecule has 0 aliphatic heterocycles. The molecule has 0 bridgehead atoms. The summed E-state index contributed by atoms with van der Waals surface area (Å²) in [5.41, 5.74) is 11.6. The highest BCUT2D eigenvalue weighted by Gasteiger charge is 2.32. The van der Waals surface area contributed by atoms with Crippen LogP contribution in [0.5, 0.6) is 0 Å². The molecule has 0 amide bonds. The van der Waals surface area contributed by atoms with E-state index in [1.165, 1.54) is 0 Å². The number of hydrogen-bond donors (Lipinski definition) is 1. The van der Waals surface area contributed by atoms with Crippen LogP contribution >= 0.6 is 0 Å². The molecule has 4 heteroatoms. The highest BCUT2D eigenvalue weighted by Crippen LogP contribution is 2.32. The Morgan fingerprint density at radius 3 is 2.44 bits per heavy atom. The highest BCUT2D eigenvalue weighted by atomic mass is 127. The van der Waals surface area contributed by atoms with Gasteiger partial charge in [-0.15, -0.1) is 0 Å². The molecule has 0 saturated carbocycles. The topological polar surface area (TPSA) is 47.0 Å². The van der Waals surface area contributed by atoms with Gasteiger partial charge in [-0.1, -0.05) is 42.5 Å². The summed E-state index contributed by atoms with van der Waals surface area (Å²) in [5, 5.41) is 0.938. The second-order valence-electron chi connectivity index (χ2n) is 6.22. The lowest BCUT2D eigenvalue weighted by atomic mass is 9.86. The van der Waals surface area contributed by atoms with Crippen LogP contribution in [0.15, 0.2) is 60.2 Å². The number of fused-ring (bicyclic) bond motifs is 2. The Kier molecular flexibility index (Phi) is 4.90. The van der Waals surface area contributed by atoms with E-state index < -0.39 is 0 Å². The number of halogens is 1. The minimum absolute atomic E-state index is 0. The van der Waals surface area contributed by atoms with Crippen LogP contribution in [0.4, 0.5) is 5.69 Å². The molecule has 126 valence electrons. The first kappa shape index (κ1) is 17.6. The first-order valence-electron chi connectivity index (χ1n) is 8.16. The number of ketones is 1. The van der Waals surface area contributed by atoms with Crippen molar-refractivity contribution in [3.8, 4) is 0 Å². The van der Waals surface area contributed by atoms with E-state index in [-0.39, 0.29) is 29.8 Å². The quantitative estimate of drug-likeness (QED) is 0.339. The van der Waals surface area contributed by atoms with Crippen molar-refractivity contribution in [1.82, 2.24) is 0 Å². The van der Waals surface area contributed by atoms with Gasteiger partial charge < -0.3 is 29.7 Å². The number of para-hydroxylation sites is 1. The molecule has 0 saturated heterocycles. The summed E-state index contributed by atoms with van der Waals surface area (Å²) < 4.78 is 2.11. The second-order valence-corrected chi connectivity index (χ2v) is 6.22. The number of pyridine rings is 1. The van der Waals surface area contributed by atoms with Crippen molar-refractivity contribution >= 4 is 28.4 Å². The fourth-order valence-electron chi connectivity index (χ4n) is 3.56. The monoisotopic (exact) mass is 442 g/mol. The Labute approximate surface area is 164 Å². The van der Waals surface area contributed by atoms with Gasteiger partial charge in [0.05, 0.1) is 11.1 Å². The molecule has 0 fully saturated rings. The average Bonchev–Trinajstić information content (AvgIpc) is 2.62. The van der Waals surface area contributed by atoms with E-state index in [2.05, 4.69) is 4.57 Å². The first-order valence-corrected chi connectivity index (χ1v) is 8.16. The third kappa shape index (κ3) is 2.95. The second kappa shape index (κ2) is 6.96. The van der Waals surface area contributed by atoms with E-state index in [0.717, 1.165) is 40.6 Å². The van der Waals surface area contributed by atoms with Crippen molar-refractivity contribution in [2.45, 2.75) is 12.8 Å². The Hall–Kier alpha value is -2.21. The number of nitrogens with two attached hydrogens (primary N) is 1. The Morgan fingerprint density at radius 2 is 1.68 bits per heavy atom. The third-order valence-corrected chi connectivity index (χ3v) is 4.81. The maximum atomic E-state index is 13.1. The average molecular weight is 442 g/mol. The van der Waals surface area contributed by atoms with E-state index in [0.29, 0.717) is 11.3 Å². The normalized spacial score (nSPS) is 15.1. The Bertz CT molecular complexity index is 994. The van der Waals surface area contributed by atoms with Gasteiger partial charge in [0.15, 0.2) is 11.5 Å². The summed E-state index contributed by atoms with van der Waals surface area (Å²) in [5.74, 6) is 0.0546. The fourth-order valence-corrected chi connectivity index (χ4v) is 3.56. The van der Waals surface area contributed by atoms with Gasteiger partial charge in [-0.25, -0.2) is 0 Å². The van der Waals surface area contributed by atoms with Crippen molar-refractivity contribution in [1.29, 1.82) is 0 Å². The van der Waals surface area contributed by atoms with Gasteiger partial charge in [0.1, 0.15) is 12.6 Å². The van der Waals surface area contributed by atoms with Crippen LogP contribution in [0.1, 0.15) is 28.0 Å². The number of aromatic nitrogens is 1. The van der Waals surface area contributed by atoms with Gasteiger partial charge in [-0.3, -0.25) is 4.79 Å². The lowest BCUT2D eigenvalue weighted by Gasteiger charge is -2.18. The van der Waals surface area contributed by atoms with Crippen LogP contribution in [-0.4, -0.2) is 5.78 Å². The van der Waals surface area contributed by atoms with Crippen molar-refractivity contribution < 1.29 is 33.3 Å². The molecule has 1 aromatic heterocycles. The molecular weight excluding hydrogens is 423 g/mol. The predicted octanol–water partition coefficient (Wildman–Crippen LogP) is 0.463. The van der Waals surface area contributed by atoms with Gasteiger partial charge in [0.2, 0.25) is 5.52 Å². The standard InChI is InChI=1S/C21H18N2O.HI/c1-23-17-10-6-5-9-16(17)20(22)19-18(23)12-11-15(21(19)24)13-14-7-3-2-4-8-14;/h2-10,13,22H,11-12H2,1H3;1H/b15-13+;. The van der Waals surface area contributed by atoms with Crippen LogP contribution in [-0.2, 0) is 13.5 Å². The van der Waals surface area contributed by atoms with E-state index in [1.54, 1.807) is 0 Å². The van der Waals surface area contributed by atoms with E-state index >= 15 is 0 Å². The van der Waals surface area contributed by atoms with Crippen LogP contribution in [0.2, 0.25) is 0 Å². The Balaban J connectivity index is 0.00000182. The molecule has 3 nitrogen and oxygen atoms in total. The Morgan fingerprint density at radius 1 is 1.00 bits per heavy atom. The minimum Gasteiger partial charge on any atom is -1.00 e. The zero-order valence-electron chi connectivity index (χ0n) is 14.0. The van der Waals surface area contributed by atoms with Crippen molar-refractivity contribution in [2.75, 3.05) is 5.73 Å². The maximum Gasteiger partial charge on any atom is 0.214 e. The molecule has 2 aromatic carbocycles. The largest absolute Gasteiger partial charge is 1.00 e. The number of anilines is 1. The molecule has 0 radical (unpaired) electrons. The highest BCUT2D eigenvalue weighted by molar-refractivity contribution is 6.18. The van der Waals surface area contributed by atoms with Crippen LogP contribution in [0.25, 0.3) is 17.0 Å². The SMILES string of the molecule is C[n+]1c2c(c(N)c3ccccc31)C(=O)/C(=C/c1ccccc1)CC2.[I-]. The maximum absolute atomic E-state index is 13.1. The van der Waals surface area contributed by atoms with E-state index in [1.807, 2.05) is 67.7 Å². The number of hydrogen-bond acceptors (Lipinski definition) is 2. The number of carbonyl (C=O) groups excluding carboxylic acids is 1. The van der Waals surface area contributed by atoms with Crippen molar-refractivity contribution in [2.24, 2.45) is 7.05 Å². The number of allylic oxidation sites excluding steroid dienone is 1. The molecule has 1 aliphatic carbocycles. The van der Waals surface area contributed by atoms with Crippen molar-refractivity contribution in [3.05, 3.63) is 77.0 Å². The number of Topliss-reactive ketones (excluding diaryl/α,β-unsaturated/α-hetero) is 1. The minimum atomic E-state index is 0. The van der Waals surface area contributed by atoms with Crippen LogP contribution in [0.3, 0.4) is 0 Å². The number of carbonyl (C=O) groups is 1. The number of rotatable bonds is 1. The molecule has 0 spiro atoms. The third-order valence-electron chi connectivity index (χ3n) is 4.81. The van der Waals surface area contributed by atoms with Gasteiger partial charge >= 0.3 is 0 Å². The van der Waals surface area contributed by atoms with Gasteiger partial charge in [0, 0.05) is 18.1 Å². The number of aryl methyl sites for hydroxylation is 1. The summed E-state index contributed by atoms with van der Waals surface area (Å²) in [6, 6.07) is 18.0. The molecule has 0 unspecified atom stereocenters. The molecular formula is C21H19IN2O. The lowest BCUT2D eigenvalue weighted by Crippen LogP contribution is -3.00. The molecule has 0 atom stereocenters. The fraction of sp³-hybridized carbons (Fsp3) is 0.143. The summed E-state index contributed by atoms with van der Waals surface area (Å²) in [6.07, 6.45) is 3.55. The molecule has 2 N–H and O–H groups in total. The molecule has 4 rings (SSSR count). The molecule has 3 aromatic rings. The summed E-state index contributed by atoms with van der Waals surface area (Å²) in [4.78, 5) is 13.1. The van der Waals surface area contributed by atoms with E-state index in [9.17, 15) is 4.79 Å². The number of benzene rings is 2. The van der Waals surface area contributed by atoms with Crippen molar-refractivity contribution in [3.63, 3.8) is 0 Å². The summed E-state index contributed by atoms with van der Waals surface area (Å²) >= 11 is 0. The van der Waals surface area contributed by atoms with Gasteiger partial charge in [-0.2, -0.15) is 4.57 Å². The first-order chi connectivity index (χ1) is 11.7. The van der Waals surface area contributed by atoms with Crippen LogP contribution < -0.4 is 34.3 Å². The lowest BCUT2D eigenvalue weighted by molar-refractivity contribution is -0.653. The molecule has 1 aliphatic rings. The smallest absolute Gasteiger partial charge is 0.214 e. The predicted molar refractivity (Wildman–Crippen MR) is 96.6 cm³/mol. The van der Waals surface area contributed by atoms with Crippen LogP contribution in [0, 0.1) is 0 Å². The van der Waals surface area contributed by atoms with Gasteiger partial charge in [-0.05, 0) is 24.1 Å². The number of nitrogen functional groups attached to an aromatic ring is 1. The number of nitrogens with zero attached hydrogens (tertiary/aromatic N) is 1. The van der Waals surface area contributed by atoms with Gasteiger partial charge in [0.25, 0.3) is 0 Å².